The quantitative estimate of drug-likeness (QED) is 0.881. The van der Waals surface area contributed by atoms with Crippen LogP contribution in [0.3, 0.4) is 0 Å². The maximum atomic E-state index is 12.8. The molecule has 4 nitrogen and oxygen atoms in total. The minimum absolute atomic E-state index is 0.0729. The topological polar surface area (TPSA) is 49.0 Å². The Morgan fingerprint density at radius 1 is 1.36 bits per heavy atom. The molecule has 2 aromatic rings. The average Bonchev–Trinajstić information content (AvgIpc) is 3.11. The zero-order chi connectivity index (χ0) is 17.8. The number of carbonyl (C=O) groups excluding carboxylic acids is 1. The predicted molar refractivity (Wildman–Crippen MR) is 101 cm³/mol. The van der Waals surface area contributed by atoms with Crippen molar-refractivity contribution >= 4 is 5.91 Å². The highest BCUT2D eigenvalue weighted by Gasteiger charge is 2.26. The normalized spacial score (nSPS) is 17.9. The molecule has 0 saturated carbocycles. The molecule has 1 saturated heterocycles. The highest BCUT2D eigenvalue weighted by atomic mass is 16.2. The summed E-state index contributed by atoms with van der Waals surface area (Å²) < 4.78 is 0. The van der Waals surface area contributed by atoms with E-state index in [1.54, 1.807) is 0 Å². The molecule has 1 atom stereocenters. The second-order valence-electron chi connectivity index (χ2n) is 7.59. The van der Waals surface area contributed by atoms with Crippen molar-refractivity contribution in [1.29, 1.82) is 0 Å². The van der Waals surface area contributed by atoms with Crippen molar-refractivity contribution < 1.29 is 4.79 Å². The van der Waals surface area contributed by atoms with E-state index in [0.29, 0.717) is 17.5 Å². The lowest BCUT2D eigenvalue weighted by atomic mass is 9.90. The zero-order valence-corrected chi connectivity index (χ0v) is 15.6. The molecule has 4 heteroatoms. The van der Waals surface area contributed by atoms with Crippen molar-refractivity contribution in [2.45, 2.75) is 52.4 Å². The molecule has 1 amide bonds. The maximum absolute atomic E-state index is 12.8. The van der Waals surface area contributed by atoms with Crippen LogP contribution in [0.1, 0.15) is 66.3 Å². The number of rotatable bonds is 5. The van der Waals surface area contributed by atoms with Gasteiger partial charge in [0.15, 0.2) is 0 Å². The number of benzene rings is 1. The van der Waals surface area contributed by atoms with E-state index < -0.39 is 0 Å². The van der Waals surface area contributed by atoms with E-state index in [9.17, 15) is 4.79 Å². The molecular weight excluding hydrogens is 310 g/mol. The van der Waals surface area contributed by atoms with E-state index in [1.807, 2.05) is 11.0 Å². The summed E-state index contributed by atoms with van der Waals surface area (Å²) in [5.41, 5.74) is 4.38. The van der Waals surface area contributed by atoms with Crippen LogP contribution >= 0.6 is 0 Å². The van der Waals surface area contributed by atoms with E-state index in [2.05, 4.69) is 55.2 Å². The largest absolute Gasteiger partial charge is 0.337 e. The van der Waals surface area contributed by atoms with Crippen LogP contribution in [0.4, 0.5) is 0 Å². The Balaban J connectivity index is 1.58. The van der Waals surface area contributed by atoms with Gasteiger partial charge in [-0.3, -0.25) is 9.89 Å². The lowest BCUT2D eigenvalue weighted by molar-refractivity contribution is 0.0662. The fraction of sp³-hybridized carbons (Fsp3) is 0.524. The van der Waals surface area contributed by atoms with Gasteiger partial charge in [0.1, 0.15) is 5.69 Å². The third-order valence-corrected chi connectivity index (χ3v) is 5.33. The van der Waals surface area contributed by atoms with E-state index in [-0.39, 0.29) is 5.91 Å². The molecule has 3 rings (SSSR count). The van der Waals surface area contributed by atoms with Gasteiger partial charge in [-0.2, -0.15) is 5.10 Å². The van der Waals surface area contributed by atoms with Gasteiger partial charge in [-0.1, -0.05) is 38.1 Å². The van der Waals surface area contributed by atoms with Gasteiger partial charge >= 0.3 is 0 Å². The zero-order valence-electron chi connectivity index (χ0n) is 15.6. The number of amides is 1. The predicted octanol–water partition coefficient (Wildman–Crippen LogP) is 4.33. The summed E-state index contributed by atoms with van der Waals surface area (Å²) in [5, 5.41) is 7.22. The number of aryl methyl sites for hydroxylation is 2. The molecule has 0 spiro atoms. The van der Waals surface area contributed by atoms with Crippen molar-refractivity contribution in [1.82, 2.24) is 15.1 Å². The maximum Gasteiger partial charge on any atom is 0.274 e. The summed E-state index contributed by atoms with van der Waals surface area (Å²) >= 11 is 0. The summed E-state index contributed by atoms with van der Waals surface area (Å²) in [6.45, 7) is 8.09. The Bertz CT molecular complexity index is 719. The molecule has 1 aliphatic heterocycles. The van der Waals surface area contributed by atoms with Gasteiger partial charge in [-0.25, -0.2) is 0 Å². The SMILES string of the molecule is Cc1ccccc1CCC1CCCN(C(=O)c2cc(C(C)C)[nH]n2)C1. The van der Waals surface area contributed by atoms with Gasteiger partial charge in [-0.05, 0) is 61.6 Å². The molecule has 0 radical (unpaired) electrons. The Morgan fingerprint density at radius 2 is 2.16 bits per heavy atom. The Hall–Kier alpha value is -2.10. The molecule has 134 valence electrons. The molecule has 1 fully saturated rings. The first-order chi connectivity index (χ1) is 12.0. The van der Waals surface area contributed by atoms with Crippen LogP contribution in [-0.2, 0) is 6.42 Å². The van der Waals surface area contributed by atoms with Crippen molar-refractivity contribution in [2.75, 3.05) is 13.1 Å². The first-order valence-electron chi connectivity index (χ1n) is 9.43. The standard InChI is InChI=1S/C21H29N3O/c1-15(2)19-13-20(23-22-19)21(25)24-12-6-8-17(14-24)10-11-18-9-5-4-7-16(18)3/h4-5,7,9,13,15,17H,6,8,10-12,14H2,1-3H3,(H,22,23). The minimum atomic E-state index is 0.0729. The molecule has 1 aliphatic rings. The number of aromatic amines is 1. The average molecular weight is 339 g/mol. The number of piperidine rings is 1. The van der Waals surface area contributed by atoms with Gasteiger partial charge in [0.05, 0.1) is 0 Å². The highest BCUT2D eigenvalue weighted by Crippen LogP contribution is 2.24. The number of nitrogens with zero attached hydrogens (tertiary/aromatic N) is 2. The second-order valence-corrected chi connectivity index (χ2v) is 7.59. The second kappa shape index (κ2) is 7.85. The Morgan fingerprint density at radius 3 is 2.88 bits per heavy atom. The van der Waals surface area contributed by atoms with Gasteiger partial charge < -0.3 is 4.90 Å². The van der Waals surface area contributed by atoms with E-state index >= 15 is 0 Å². The van der Waals surface area contributed by atoms with Gasteiger partial charge in [0, 0.05) is 18.8 Å². The van der Waals surface area contributed by atoms with Crippen molar-refractivity contribution in [3.63, 3.8) is 0 Å². The Kier molecular flexibility index (Phi) is 5.57. The molecule has 0 aliphatic carbocycles. The minimum Gasteiger partial charge on any atom is -0.337 e. The van der Waals surface area contributed by atoms with Gasteiger partial charge in [0.25, 0.3) is 5.91 Å². The van der Waals surface area contributed by atoms with E-state index in [4.69, 9.17) is 0 Å². The number of carbonyl (C=O) groups is 1. The Labute approximate surface area is 150 Å². The molecule has 0 bridgehead atoms. The molecular formula is C21H29N3O. The molecule has 1 aromatic carbocycles. The van der Waals surface area contributed by atoms with E-state index in [0.717, 1.165) is 38.0 Å². The molecule has 1 N–H and O–H groups in total. The van der Waals surface area contributed by atoms with Crippen LogP contribution in [0.15, 0.2) is 30.3 Å². The number of H-pyrrole nitrogens is 1. The third kappa shape index (κ3) is 4.30. The number of likely N-dealkylation sites (tertiary alicyclic amines) is 1. The first-order valence-corrected chi connectivity index (χ1v) is 9.43. The monoisotopic (exact) mass is 339 g/mol. The van der Waals surface area contributed by atoms with Crippen molar-refractivity contribution in [2.24, 2.45) is 5.92 Å². The van der Waals surface area contributed by atoms with E-state index in [1.165, 1.54) is 17.5 Å². The highest BCUT2D eigenvalue weighted by molar-refractivity contribution is 5.92. The fourth-order valence-corrected chi connectivity index (χ4v) is 3.64. The lowest BCUT2D eigenvalue weighted by Crippen LogP contribution is -2.40. The van der Waals surface area contributed by atoms with Crippen LogP contribution in [0.25, 0.3) is 0 Å². The van der Waals surface area contributed by atoms with Crippen molar-refractivity contribution in [3.8, 4) is 0 Å². The van der Waals surface area contributed by atoms with Crippen LogP contribution in [0, 0.1) is 12.8 Å². The number of hydrogen-bond acceptors (Lipinski definition) is 2. The van der Waals surface area contributed by atoms with Crippen LogP contribution in [0.2, 0.25) is 0 Å². The van der Waals surface area contributed by atoms with Crippen LogP contribution < -0.4 is 0 Å². The van der Waals surface area contributed by atoms with Crippen LogP contribution in [-0.4, -0.2) is 34.1 Å². The molecule has 1 aromatic heterocycles. The molecule has 2 heterocycles. The van der Waals surface area contributed by atoms with Crippen molar-refractivity contribution in [3.05, 3.63) is 52.8 Å². The summed E-state index contributed by atoms with van der Waals surface area (Å²) in [4.78, 5) is 14.7. The summed E-state index contributed by atoms with van der Waals surface area (Å²) in [6, 6.07) is 10.5. The number of nitrogens with one attached hydrogen (secondary N) is 1. The lowest BCUT2D eigenvalue weighted by Gasteiger charge is -2.32. The summed E-state index contributed by atoms with van der Waals surface area (Å²) in [5.74, 6) is 1.02. The van der Waals surface area contributed by atoms with Gasteiger partial charge in [-0.15, -0.1) is 0 Å². The first kappa shape index (κ1) is 17.7. The molecule has 25 heavy (non-hydrogen) atoms. The van der Waals surface area contributed by atoms with Crippen LogP contribution in [0.5, 0.6) is 0 Å². The fourth-order valence-electron chi connectivity index (χ4n) is 3.64. The smallest absolute Gasteiger partial charge is 0.274 e. The number of aromatic nitrogens is 2. The van der Waals surface area contributed by atoms with Gasteiger partial charge in [0.2, 0.25) is 0 Å². The summed E-state index contributed by atoms with van der Waals surface area (Å²) in [7, 11) is 0. The summed E-state index contributed by atoms with van der Waals surface area (Å²) in [6.07, 6.45) is 4.55. The third-order valence-electron chi connectivity index (χ3n) is 5.33. The molecule has 1 unspecified atom stereocenters. The number of hydrogen-bond donors (Lipinski definition) is 1.